The average molecular weight is 171 g/mol. The van der Waals surface area contributed by atoms with Gasteiger partial charge in [-0.05, 0) is 6.92 Å². The minimum Gasteiger partial charge on any atom is -0.262 e. The van der Waals surface area contributed by atoms with Crippen molar-refractivity contribution in [2.45, 2.75) is 13.1 Å². The maximum Gasteiger partial charge on any atom is 0.418 e. The number of aromatic nitrogens is 1. The highest BCUT2D eigenvalue weighted by atomic mass is 19.4. The van der Waals surface area contributed by atoms with Crippen LogP contribution in [0.25, 0.3) is 0 Å². The van der Waals surface area contributed by atoms with Crippen LogP contribution in [0.15, 0.2) is 12.3 Å². The molecule has 0 aliphatic carbocycles. The molecule has 0 aliphatic heterocycles. The average Bonchev–Trinajstić information content (AvgIpc) is 1.92. The van der Waals surface area contributed by atoms with Crippen molar-refractivity contribution in [3.8, 4) is 0 Å². The molecule has 0 atom stereocenters. The number of alkyl halides is 3. The van der Waals surface area contributed by atoms with Crippen LogP contribution in [0.2, 0.25) is 0 Å². The van der Waals surface area contributed by atoms with Crippen molar-refractivity contribution in [3.05, 3.63) is 23.5 Å². The van der Waals surface area contributed by atoms with Gasteiger partial charge in [-0.15, -0.1) is 0 Å². The molecule has 0 bridgehead atoms. The van der Waals surface area contributed by atoms with E-state index in [-0.39, 0.29) is 11.2 Å². The number of pyridine rings is 1. The molecule has 0 aromatic carbocycles. The standard InChI is InChI=1S/C7H5BF3N/c1-4-6(7(9,10)11)2-5(8)3-12-4/h2-3H,1H3. The zero-order chi connectivity index (χ0) is 9.35. The maximum absolute atomic E-state index is 12.1. The quantitative estimate of drug-likeness (QED) is 0.534. The Morgan fingerprint density at radius 2 is 2.00 bits per heavy atom. The second-order valence-electron chi connectivity index (χ2n) is 2.40. The summed E-state index contributed by atoms with van der Waals surface area (Å²) >= 11 is 0. The van der Waals surface area contributed by atoms with Crippen molar-refractivity contribution in [2.75, 3.05) is 0 Å². The molecule has 1 aromatic heterocycles. The highest BCUT2D eigenvalue weighted by Gasteiger charge is 2.32. The third-order valence-corrected chi connectivity index (χ3v) is 1.41. The van der Waals surface area contributed by atoms with Crippen LogP contribution in [0, 0.1) is 6.92 Å². The van der Waals surface area contributed by atoms with Gasteiger partial charge >= 0.3 is 6.18 Å². The van der Waals surface area contributed by atoms with Crippen LogP contribution in [0.3, 0.4) is 0 Å². The second kappa shape index (κ2) is 2.81. The predicted molar refractivity (Wildman–Crippen MR) is 39.4 cm³/mol. The molecule has 0 fully saturated rings. The molecule has 0 N–H and O–H groups in total. The molecule has 1 heterocycles. The topological polar surface area (TPSA) is 12.9 Å². The van der Waals surface area contributed by atoms with Crippen molar-refractivity contribution in [1.29, 1.82) is 0 Å². The van der Waals surface area contributed by atoms with E-state index in [4.69, 9.17) is 7.85 Å². The van der Waals surface area contributed by atoms with Crippen molar-refractivity contribution in [1.82, 2.24) is 4.98 Å². The Bertz CT molecular complexity index is 295. The van der Waals surface area contributed by atoms with Gasteiger partial charge in [-0.3, -0.25) is 4.98 Å². The fourth-order valence-electron chi connectivity index (χ4n) is 0.836. The monoisotopic (exact) mass is 171 g/mol. The Labute approximate surface area is 69.0 Å². The molecular weight excluding hydrogens is 166 g/mol. The van der Waals surface area contributed by atoms with Gasteiger partial charge in [0.2, 0.25) is 0 Å². The number of hydrogen-bond acceptors (Lipinski definition) is 1. The smallest absolute Gasteiger partial charge is 0.262 e. The molecule has 12 heavy (non-hydrogen) atoms. The summed E-state index contributed by atoms with van der Waals surface area (Å²) in [5.41, 5.74) is -0.813. The van der Waals surface area contributed by atoms with Gasteiger partial charge in [-0.2, -0.15) is 13.2 Å². The number of hydrogen-bond donors (Lipinski definition) is 0. The van der Waals surface area contributed by atoms with E-state index >= 15 is 0 Å². The molecule has 2 radical (unpaired) electrons. The molecule has 0 unspecified atom stereocenters. The SMILES string of the molecule is [B]c1cnc(C)c(C(F)(F)F)c1. The summed E-state index contributed by atoms with van der Waals surface area (Å²) in [7, 11) is 5.16. The van der Waals surface area contributed by atoms with Crippen molar-refractivity contribution in [3.63, 3.8) is 0 Å². The van der Waals surface area contributed by atoms with E-state index in [9.17, 15) is 13.2 Å². The van der Waals surface area contributed by atoms with Crippen LogP contribution in [0.5, 0.6) is 0 Å². The zero-order valence-electron chi connectivity index (χ0n) is 6.31. The summed E-state index contributed by atoms with van der Waals surface area (Å²) in [6, 6.07) is 0.877. The second-order valence-corrected chi connectivity index (χ2v) is 2.40. The Morgan fingerprint density at radius 3 is 2.42 bits per heavy atom. The van der Waals surface area contributed by atoms with E-state index in [0.29, 0.717) is 0 Å². The van der Waals surface area contributed by atoms with Gasteiger partial charge in [0.05, 0.1) is 5.56 Å². The number of aryl methyl sites for hydroxylation is 1. The lowest BCUT2D eigenvalue weighted by molar-refractivity contribution is -0.138. The minimum absolute atomic E-state index is 0.0212. The van der Waals surface area contributed by atoms with E-state index in [1.807, 2.05) is 0 Å². The van der Waals surface area contributed by atoms with Gasteiger partial charge in [0, 0.05) is 11.9 Å². The van der Waals surface area contributed by atoms with E-state index in [2.05, 4.69) is 4.98 Å². The van der Waals surface area contributed by atoms with Gasteiger partial charge in [0.25, 0.3) is 0 Å². The predicted octanol–water partition coefficient (Wildman–Crippen LogP) is 1.20. The molecule has 0 saturated heterocycles. The fraction of sp³-hybridized carbons (Fsp3) is 0.286. The lowest BCUT2D eigenvalue weighted by Crippen LogP contribution is -2.14. The third-order valence-electron chi connectivity index (χ3n) is 1.41. The number of halogens is 3. The summed E-state index contributed by atoms with van der Waals surface area (Å²) in [6.45, 7) is 1.29. The van der Waals surface area contributed by atoms with Crippen LogP contribution < -0.4 is 5.46 Å². The van der Waals surface area contributed by atoms with E-state index in [0.717, 1.165) is 6.07 Å². The first-order valence-corrected chi connectivity index (χ1v) is 3.20. The van der Waals surface area contributed by atoms with Gasteiger partial charge in [0.15, 0.2) is 0 Å². The molecule has 5 heteroatoms. The molecule has 62 valence electrons. The summed E-state index contributed by atoms with van der Waals surface area (Å²) < 4.78 is 36.4. The summed E-state index contributed by atoms with van der Waals surface area (Å²) in [4.78, 5) is 3.50. The summed E-state index contributed by atoms with van der Waals surface area (Å²) in [6.07, 6.45) is -3.17. The molecule has 0 aliphatic rings. The van der Waals surface area contributed by atoms with Crippen molar-refractivity contribution < 1.29 is 13.2 Å². The van der Waals surface area contributed by atoms with Crippen LogP contribution >= 0.6 is 0 Å². The lowest BCUT2D eigenvalue weighted by atomic mass is 9.96. The van der Waals surface area contributed by atoms with Gasteiger partial charge in [0.1, 0.15) is 7.85 Å². The maximum atomic E-state index is 12.1. The number of rotatable bonds is 0. The molecular formula is C7H5BF3N. The molecule has 1 rings (SSSR count). The van der Waals surface area contributed by atoms with Gasteiger partial charge in [-0.1, -0.05) is 11.5 Å². The van der Waals surface area contributed by atoms with Crippen LogP contribution in [0.4, 0.5) is 13.2 Å². The minimum atomic E-state index is -4.37. The zero-order valence-corrected chi connectivity index (χ0v) is 6.31. The van der Waals surface area contributed by atoms with Gasteiger partial charge in [-0.25, -0.2) is 0 Å². The van der Waals surface area contributed by atoms with Crippen molar-refractivity contribution >= 4 is 13.3 Å². The molecule has 0 amide bonds. The van der Waals surface area contributed by atoms with Crippen LogP contribution in [-0.4, -0.2) is 12.8 Å². The fourth-order valence-corrected chi connectivity index (χ4v) is 0.836. The lowest BCUT2D eigenvalue weighted by Gasteiger charge is -2.09. The molecule has 1 nitrogen and oxygen atoms in total. The number of nitrogens with zero attached hydrogens (tertiary/aromatic N) is 1. The van der Waals surface area contributed by atoms with Crippen molar-refractivity contribution in [2.24, 2.45) is 0 Å². The molecule has 0 spiro atoms. The highest BCUT2D eigenvalue weighted by Crippen LogP contribution is 2.29. The first kappa shape index (κ1) is 9.10. The Balaban J connectivity index is 3.23. The first-order chi connectivity index (χ1) is 5.41. The molecule has 1 aromatic rings. The Hall–Kier alpha value is -0.995. The largest absolute Gasteiger partial charge is 0.418 e. The third kappa shape index (κ3) is 1.78. The first-order valence-electron chi connectivity index (χ1n) is 3.20. The van der Waals surface area contributed by atoms with E-state index < -0.39 is 11.7 Å². The normalized spacial score (nSPS) is 11.7. The molecule has 0 saturated carbocycles. The summed E-state index contributed by atoms with van der Waals surface area (Å²) in [5, 5.41) is 0. The van der Waals surface area contributed by atoms with E-state index in [1.54, 1.807) is 0 Å². The highest BCUT2D eigenvalue weighted by molar-refractivity contribution is 6.32. The van der Waals surface area contributed by atoms with Crippen LogP contribution in [-0.2, 0) is 6.18 Å². The Kier molecular flexibility index (Phi) is 2.13. The van der Waals surface area contributed by atoms with Gasteiger partial charge < -0.3 is 0 Å². The Morgan fingerprint density at radius 1 is 1.42 bits per heavy atom. The summed E-state index contributed by atoms with van der Waals surface area (Å²) in [5.74, 6) is 0. The van der Waals surface area contributed by atoms with Crippen LogP contribution in [0.1, 0.15) is 11.3 Å². The van der Waals surface area contributed by atoms with E-state index in [1.165, 1.54) is 13.1 Å².